The van der Waals surface area contributed by atoms with Gasteiger partial charge in [-0.3, -0.25) is 4.79 Å². The fourth-order valence-electron chi connectivity index (χ4n) is 3.85. The Morgan fingerprint density at radius 2 is 1.59 bits per heavy atom. The molecule has 4 aromatic rings. The summed E-state index contributed by atoms with van der Waals surface area (Å²) >= 11 is 0. The number of pyridine rings is 1. The topological polar surface area (TPSA) is 126 Å². The van der Waals surface area contributed by atoms with Gasteiger partial charge in [-0.25, -0.2) is 9.78 Å². The number of carbonyl (C=O) groups is 2. The molecule has 0 saturated heterocycles. The molecule has 2 aromatic heterocycles. The van der Waals surface area contributed by atoms with Crippen molar-refractivity contribution in [2.24, 2.45) is 5.92 Å². The first-order valence-corrected chi connectivity index (χ1v) is 12.5. The zero-order valence-electron chi connectivity index (χ0n) is 22.2. The number of aromatic nitrogens is 3. The molecule has 4 rings (SSSR count). The summed E-state index contributed by atoms with van der Waals surface area (Å²) in [7, 11) is 1.39. The predicted octanol–water partition coefficient (Wildman–Crippen LogP) is 5.32. The smallest absolute Gasteiger partial charge is 0.493 e. The van der Waals surface area contributed by atoms with Crippen LogP contribution in [0.4, 0.5) is 4.79 Å². The number of rotatable bonds is 10. The van der Waals surface area contributed by atoms with Crippen molar-refractivity contribution in [2.45, 2.75) is 32.7 Å². The predicted molar refractivity (Wildman–Crippen MR) is 142 cm³/mol. The van der Waals surface area contributed by atoms with Crippen LogP contribution in [-0.4, -0.2) is 40.9 Å². The number of hydrogen-bond acceptors (Lipinski definition) is 9. The van der Waals surface area contributed by atoms with Crippen LogP contribution in [0, 0.1) is 5.92 Å². The van der Waals surface area contributed by atoms with Gasteiger partial charge in [-0.1, -0.05) is 79.7 Å². The lowest BCUT2D eigenvalue weighted by atomic mass is 9.91. The van der Waals surface area contributed by atoms with Crippen molar-refractivity contribution >= 4 is 12.1 Å². The van der Waals surface area contributed by atoms with Crippen LogP contribution in [0.5, 0.6) is 11.5 Å². The van der Waals surface area contributed by atoms with Crippen LogP contribution < -0.4 is 14.8 Å². The number of nitrogens with zero attached hydrogens (tertiary/aromatic N) is 3. The molecule has 39 heavy (non-hydrogen) atoms. The zero-order chi connectivity index (χ0) is 27.8. The lowest BCUT2D eigenvalue weighted by Crippen LogP contribution is -2.29. The Kier molecular flexibility index (Phi) is 8.88. The van der Waals surface area contributed by atoms with E-state index in [1.807, 2.05) is 74.5 Å². The Morgan fingerprint density at radius 3 is 2.18 bits per heavy atom. The minimum atomic E-state index is -0.966. The summed E-state index contributed by atoms with van der Waals surface area (Å²) in [5.74, 6) is -0.118. The monoisotopic (exact) mass is 530 g/mol. The highest BCUT2D eigenvalue weighted by molar-refractivity contribution is 5.96. The second-order valence-electron chi connectivity index (χ2n) is 9.19. The first-order chi connectivity index (χ1) is 18.9. The van der Waals surface area contributed by atoms with Gasteiger partial charge in [-0.05, 0) is 24.0 Å². The van der Waals surface area contributed by atoms with Crippen molar-refractivity contribution in [1.29, 1.82) is 0 Å². The Labute approximate surface area is 226 Å². The zero-order valence-corrected chi connectivity index (χ0v) is 22.2. The van der Waals surface area contributed by atoms with Crippen molar-refractivity contribution in [2.75, 3.05) is 13.7 Å². The standard InChI is InChI=1S/C29H30N4O6/c1-18(2)17-37-29(35)38-25-22(36-4)15-16-30-24(25)27(34)31-19(3)28-32-26(33-39-28)23(20-11-7-5-8-12-20)21-13-9-6-10-14-21/h5-16,18-19,23H,17H2,1-4H3,(H,31,34)/t19-/m0/s1. The van der Waals surface area contributed by atoms with Crippen LogP contribution in [0.25, 0.3) is 0 Å². The van der Waals surface area contributed by atoms with Gasteiger partial charge in [-0.2, -0.15) is 4.98 Å². The highest BCUT2D eigenvalue weighted by Crippen LogP contribution is 2.32. The molecular weight excluding hydrogens is 500 g/mol. The van der Waals surface area contributed by atoms with E-state index in [2.05, 4.69) is 20.4 Å². The molecule has 1 amide bonds. The minimum Gasteiger partial charge on any atom is -0.493 e. The molecule has 0 spiro atoms. The van der Waals surface area contributed by atoms with Gasteiger partial charge in [0, 0.05) is 12.3 Å². The van der Waals surface area contributed by atoms with Gasteiger partial charge in [0.15, 0.2) is 17.3 Å². The molecular formula is C29H30N4O6. The van der Waals surface area contributed by atoms with Gasteiger partial charge >= 0.3 is 6.16 Å². The first kappa shape index (κ1) is 27.3. The minimum absolute atomic E-state index is 0.111. The van der Waals surface area contributed by atoms with E-state index in [-0.39, 0.29) is 41.5 Å². The summed E-state index contributed by atoms with van der Waals surface area (Å²) in [6, 6.07) is 20.5. The number of methoxy groups -OCH3 is 1. The summed E-state index contributed by atoms with van der Waals surface area (Å²) in [6.07, 6.45) is 0.409. The van der Waals surface area contributed by atoms with Crippen molar-refractivity contribution in [3.63, 3.8) is 0 Å². The van der Waals surface area contributed by atoms with E-state index in [1.165, 1.54) is 19.4 Å². The maximum Gasteiger partial charge on any atom is 0.514 e. The van der Waals surface area contributed by atoms with Crippen molar-refractivity contribution in [1.82, 2.24) is 20.4 Å². The third-order valence-electron chi connectivity index (χ3n) is 5.72. The molecule has 10 nitrogen and oxygen atoms in total. The largest absolute Gasteiger partial charge is 0.514 e. The SMILES string of the molecule is COc1ccnc(C(=O)N[C@@H](C)c2nc(C(c3ccccc3)c3ccccc3)no2)c1OC(=O)OCC(C)C. The number of carbonyl (C=O) groups excluding carboxylic acids is 2. The molecule has 0 unspecified atom stereocenters. The molecule has 1 atom stereocenters. The average Bonchev–Trinajstić information content (AvgIpc) is 3.43. The molecule has 0 aliphatic heterocycles. The maximum absolute atomic E-state index is 13.2. The molecule has 0 radical (unpaired) electrons. The Balaban J connectivity index is 1.55. The molecule has 0 bridgehead atoms. The Bertz CT molecular complexity index is 1350. The number of benzene rings is 2. The maximum atomic E-state index is 13.2. The molecule has 2 aromatic carbocycles. The quantitative estimate of drug-likeness (QED) is 0.271. The van der Waals surface area contributed by atoms with E-state index in [0.717, 1.165) is 11.1 Å². The van der Waals surface area contributed by atoms with Gasteiger partial charge < -0.3 is 24.1 Å². The number of amides is 1. The lowest BCUT2D eigenvalue weighted by molar-refractivity contribution is 0.0850. The molecule has 0 fully saturated rings. The van der Waals surface area contributed by atoms with E-state index in [4.69, 9.17) is 18.7 Å². The Morgan fingerprint density at radius 1 is 0.949 bits per heavy atom. The summed E-state index contributed by atoms with van der Waals surface area (Å²) in [5, 5.41) is 7.00. The molecule has 202 valence electrons. The molecule has 2 heterocycles. The van der Waals surface area contributed by atoms with Crippen LogP contribution >= 0.6 is 0 Å². The number of ether oxygens (including phenoxy) is 3. The van der Waals surface area contributed by atoms with Crippen LogP contribution in [0.2, 0.25) is 0 Å². The fourth-order valence-corrected chi connectivity index (χ4v) is 3.85. The van der Waals surface area contributed by atoms with Crippen LogP contribution in [-0.2, 0) is 4.74 Å². The third-order valence-corrected chi connectivity index (χ3v) is 5.72. The normalized spacial score (nSPS) is 11.7. The average molecular weight is 531 g/mol. The van der Waals surface area contributed by atoms with E-state index < -0.39 is 18.1 Å². The van der Waals surface area contributed by atoms with Crippen molar-refractivity contribution in [3.05, 3.63) is 101 Å². The lowest BCUT2D eigenvalue weighted by Gasteiger charge is -2.15. The van der Waals surface area contributed by atoms with Gasteiger partial charge in [0.25, 0.3) is 5.91 Å². The van der Waals surface area contributed by atoms with Gasteiger partial charge in [0.2, 0.25) is 11.6 Å². The second kappa shape index (κ2) is 12.7. The molecule has 10 heteroatoms. The first-order valence-electron chi connectivity index (χ1n) is 12.5. The summed E-state index contributed by atoms with van der Waals surface area (Å²) in [6.45, 7) is 5.64. The highest BCUT2D eigenvalue weighted by atomic mass is 16.7. The number of nitrogens with one attached hydrogen (secondary N) is 1. The van der Waals surface area contributed by atoms with Crippen molar-refractivity contribution in [3.8, 4) is 11.5 Å². The fraction of sp³-hybridized carbons (Fsp3) is 0.276. The van der Waals surface area contributed by atoms with Gasteiger partial charge in [-0.15, -0.1) is 0 Å². The molecule has 0 saturated carbocycles. The van der Waals surface area contributed by atoms with Crippen molar-refractivity contribution < 1.29 is 28.3 Å². The molecule has 1 N–H and O–H groups in total. The molecule has 0 aliphatic rings. The van der Waals surface area contributed by atoms with Gasteiger partial charge in [0.05, 0.1) is 19.6 Å². The summed E-state index contributed by atoms with van der Waals surface area (Å²) in [5.41, 5.74) is 1.84. The van der Waals surface area contributed by atoms with E-state index >= 15 is 0 Å². The summed E-state index contributed by atoms with van der Waals surface area (Å²) < 4.78 is 21.2. The van der Waals surface area contributed by atoms with E-state index in [9.17, 15) is 9.59 Å². The van der Waals surface area contributed by atoms with Crippen LogP contribution in [0.1, 0.15) is 66.1 Å². The number of hydrogen-bond donors (Lipinski definition) is 1. The van der Waals surface area contributed by atoms with Crippen LogP contribution in [0.15, 0.2) is 77.4 Å². The van der Waals surface area contributed by atoms with E-state index in [0.29, 0.717) is 5.82 Å². The van der Waals surface area contributed by atoms with Gasteiger partial charge in [0.1, 0.15) is 6.04 Å². The summed E-state index contributed by atoms with van der Waals surface area (Å²) in [4.78, 5) is 34.1. The van der Waals surface area contributed by atoms with E-state index in [1.54, 1.807) is 6.92 Å². The Hall–Kier alpha value is -4.73. The van der Waals surface area contributed by atoms with Crippen LogP contribution in [0.3, 0.4) is 0 Å². The molecule has 0 aliphatic carbocycles. The highest BCUT2D eigenvalue weighted by Gasteiger charge is 2.27. The second-order valence-corrected chi connectivity index (χ2v) is 9.19. The third kappa shape index (κ3) is 6.78.